The predicted octanol–water partition coefficient (Wildman–Crippen LogP) is -0.556. The van der Waals surface area contributed by atoms with Gasteiger partial charge in [0.2, 0.25) is 0 Å². The maximum absolute atomic E-state index is 5.52. The van der Waals surface area contributed by atoms with E-state index in [2.05, 4.69) is 11.4 Å². The summed E-state index contributed by atoms with van der Waals surface area (Å²) >= 11 is 0. The molecule has 0 spiro atoms. The summed E-state index contributed by atoms with van der Waals surface area (Å²) in [6, 6.07) is 6.93. The van der Waals surface area contributed by atoms with E-state index >= 15 is 0 Å². The lowest BCUT2D eigenvalue weighted by molar-refractivity contribution is -0.943. The number of rotatable bonds is 5. The zero-order valence-electron chi connectivity index (χ0n) is 12.5. The van der Waals surface area contributed by atoms with Gasteiger partial charge in [-0.15, -0.1) is 0 Å². The molecular weight excluding hydrogens is 252 g/mol. The van der Waals surface area contributed by atoms with Crippen LogP contribution in [0.4, 0.5) is 0 Å². The van der Waals surface area contributed by atoms with Crippen LogP contribution < -0.4 is 19.7 Å². The van der Waals surface area contributed by atoms with Crippen molar-refractivity contribution in [2.24, 2.45) is 5.92 Å². The molecule has 0 radical (unpaired) electrons. The van der Waals surface area contributed by atoms with E-state index in [0.29, 0.717) is 0 Å². The Bertz CT molecular complexity index is 456. The minimum absolute atomic E-state index is 0.781. The van der Waals surface area contributed by atoms with Crippen LogP contribution in [0.2, 0.25) is 0 Å². The van der Waals surface area contributed by atoms with E-state index in [-0.39, 0.29) is 0 Å². The molecule has 1 aromatic carbocycles. The SMILES string of the molecule is COc1cccc(C[NH2+][C@@H]2C[NH+]3CCC2CC3)c1OC. The highest BCUT2D eigenvalue weighted by Crippen LogP contribution is 2.30. The quantitative estimate of drug-likeness (QED) is 0.758. The number of piperidine rings is 3. The van der Waals surface area contributed by atoms with Crippen LogP contribution in [0.5, 0.6) is 11.5 Å². The van der Waals surface area contributed by atoms with Crippen LogP contribution in [0, 0.1) is 5.92 Å². The monoisotopic (exact) mass is 278 g/mol. The summed E-state index contributed by atoms with van der Waals surface area (Å²) in [6.45, 7) is 5.08. The van der Waals surface area contributed by atoms with Gasteiger partial charge in [-0.05, 0) is 12.1 Å². The number of quaternary nitrogens is 2. The van der Waals surface area contributed by atoms with Crippen molar-refractivity contribution >= 4 is 0 Å². The fourth-order valence-corrected chi connectivity index (χ4v) is 3.85. The van der Waals surface area contributed by atoms with Crippen molar-refractivity contribution in [3.8, 4) is 11.5 Å². The van der Waals surface area contributed by atoms with Gasteiger partial charge in [0.05, 0.1) is 32.9 Å². The minimum atomic E-state index is 0.781. The lowest BCUT2D eigenvalue weighted by Crippen LogP contribution is -3.20. The van der Waals surface area contributed by atoms with Gasteiger partial charge in [0.15, 0.2) is 11.5 Å². The molecule has 2 bridgehead atoms. The van der Waals surface area contributed by atoms with Gasteiger partial charge in [-0.25, -0.2) is 0 Å². The molecule has 3 N–H and O–H groups in total. The second kappa shape index (κ2) is 6.02. The number of nitrogens with two attached hydrogens (primary N) is 1. The van der Waals surface area contributed by atoms with Crippen molar-refractivity contribution in [2.75, 3.05) is 33.9 Å². The number of methoxy groups -OCH3 is 2. The van der Waals surface area contributed by atoms with Crippen molar-refractivity contribution in [1.82, 2.24) is 0 Å². The van der Waals surface area contributed by atoms with Gasteiger partial charge < -0.3 is 19.7 Å². The van der Waals surface area contributed by atoms with E-state index in [9.17, 15) is 0 Å². The van der Waals surface area contributed by atoms with Crippen molar-refractivity contribution in [1.29, 1.82) is 0 Å². The summed E-state index contributed by atoms with van der Waals surface area (Å²) < 4.78 is 10.9. The highest BCUT2D eigenvalue weighted by Gasteiger charge is 2.39. The lowest BCUT2D eigenvalue weighted by Gasteiger charge is -2.40. The second-order valence-electron chi connectivity index (χ2n) is 6.05. The van der Waals surface area contributed by atoms with E-state index in [1.807, 2.05) is 12.1 Å². The number of fused-ring (bicyclic) bond motifs is 3. The molecule has 3 aliphatic rings. The van der Waals surface area contributed by atoms with Gasteiger partial charge in [0, 0.05) is 18.8 Å². The summed E-state index contributed by atoms with van der Waals surface area (Å²) in [5.74, 6) is 2.64. The van der Waals surface area contributed by atoms with Crippen LogP contribution in [0.3, 0.4) is 0 Å². The number of benzene rings is 1. The predicted molar refractivity (Wildman–Crippen MR) is 77.3 cm³/mol. The first-order chi connectivity index (χ1) is 9.81. The highest BCUT2D eigenvalue weighted by molar-refractivity contribution is 5.46. The van der Waals surface area contributed by atoms with Gasteiger partial charge in [0.1, 0.15) is 19.1 Å². The number of ether oxygens (including phenoxy) is 2. The van der Waals surface area contributed by atoms with E-state index in [0.717, 1.165) is 30.0 Å². The fraction of sp³-hybridized carbons (Fsp3) is 0.625. The van der Waals surface area contributed by atoms with Gasteiger partial charge in [-0.3, -0.25) is 0 Å². The molecule has 1 atom stereocenters. The summed E-state index contributed by atoms with van der Waals surface area (Å²) in [5.41, 5.74) is 1.23. The molecule has 1 aromatic rings. The Kier molecular flexibility index (Phi) is 4.13. The van der Waals surface area contributed by atoms with Crippen molar-refractivity contribution < 1.29 is 19.7 Å². The van der Waals surface area contributed by atoms with Gasteiger partial charge in [-0.1, -0.05) is 6.07 Å². The van der Waals surface area contributed by atoms with E-state index in [4.69, 9.17) is 9.47 Å². The number of hydrogen-bond donors (Lipinski definition) is 2. The van der Waals surface area contributed by atoms with Crippen LogP contribution in [0.15, 0.2) is 18.2 Å². The third-order valence-corrected chi connectivity index (χ3v) is 4.99. The first kappa shape index (κ1) is 13.7. The molecule has 0 amide bonds. The Labute approximate surface area is 121 Å². The van der Waals surface area contributed by atoms with Crippen molar-refractivity contribution in [2.45, 2.75) is 25.4 Å². The Hall–Kier alpha value is -1.26. The van der Waals surface area contributed by atoms with Gasteiger partial charge in [-0.2, -0.15) is 0 Å². The summed E-state index contributed by atoms with van der Waals surface area (Å²) in [4.78, 5) is 1.80. The molecule has 3 heterocycles. The molecule has 0 aliphatic carbocycles. The molecule has 3 saturated heterocycles. The molecule has 3 aliphatic heterocycles. The molecular formula is C16H26N2O2+2. The first-order valence-corrected chi connectivity index (χ1v) is 7.68. The molecule has 0 unspecified atom stereocenters. The van der Waals surface area contributed by atoms with Crippen LogP contribution in [-0.4, -0.2) is 39.9 Å². The van der Waals surface area contributed by atoms with E-state index in [1.54, 1.807) is 19.1 Å². The molecule has 3 fully saturated rings. The normalized spacial score (nSPS) is 28.4. The Morgan fingerprint density at radius 2 is 2.00 bits per heavy atom. The van der Waals surface area contributed by atoms with Crippen LogP contribution >= 0.6 is 0 Å². The third kappa shape index (κ3) is 2.63. The number of para-hydroxylation sites is 1. The van der Waals surface area contributed by atoms with Crippen LogP contribution in [-0.2, 0) is 6.54 Å². The first-order valence-electron chi connectivity index (χ1n) is 7.68. The topological polar surface area (TPSA) is 39.5 Å². The average molecular weight is 278 g/mol. The van der Waals surface area contributed by atoms with Gasteiger partial charge in [0.25, 0.3) is 0 Å². The Morgan fingerprint density at radius 1 is 1.20 bits per heavy atom. The maximum atomic E-state index is 5.52. The molecule has 20 heavy (non-hydrogen) atoms. The average Bonchev–Trinajstić information content (AvgIpc) is 2.53. The zero-order valence-corrected chi connectivity index (χ0v) is 12.5. The fourth-order valence-electron chi connectivity index (χ4n) is 3.85. The number of nitrogens with one attached hydrogen (secondary N) is 1. The Morgan fingerprint density at radius 3 is 2.60 bits per heavy atom. The van der Waals surface area contributed by atoms with Crippen molar-refractivity contribution in [3.63, 3.8) is 0 Å². The molecule has 4 heteroatoms. The third-order valence-electron chi connectivity index (χ3n) is 4.99. The molecule has 4 rings (SSSR count). The molecule has 0 saturated carbocycles. The van der Waals surface area contributed by atoms with Crippen LogP contribution in [0.1, 0.15) is 18.4 Å². The van der Waals surface area contributed by atoms with Crippen LogP contribution in [0.25, 0.3) is 0 Å². The lowest BCUT2D eigenvalue weighted by atomic mass is 9.84. The second-order valence-corrected chi connectivity index (χ2v) is 6.05. The highest BCUT2D eigenvalue weighted by atomic mass is 16.5. The summed E-state index contributed by atoms with van der Waals surface area (Å²) in [5, 5.41) is 2.51. The molecule has 4 nitrogen and oxygen atoms in total. The standard InChI is InChI=1S/C16H24N2O2/c1-19-15-5-3-4-13(16(15)20-2)10-17-14-11-18-8-6-12(14)7-9-18/h3-5,12,14,17H,6-11H2,1-2H3/p+2/t14-/m1/s1. The maximum Gasteiger partial charge on any atom is 0.169 e. The van der Waals surface area contributed by atoms with Crippen molar-refractivity contribution in [3.05, 3.63) is 23.8 Å². The Balaban J connectivity index is 1.66. The molecule has 110 valence electrons. The van der Waals surface area contributed by atoms with Gasteiger partial charge >= 0.3 is 0 Å². The van der Waals surface area contributed by atoms with E-state index in [1.165, 1.54) is 38.0 Å². The smallest absolute Gasteiger partial charge is 0.169 e. The number of hydrogen-bond acceptors (Lipinski definition) is 2. The minimum Gasteiger partial charge on any atom is -0.493 e. The molecule has 0 aromatic heterocycles. The summed E-state index contributed by atoms with van der Waals surface area (Å²) in [6.07, 6.45) is 2.82. The largest absolute Gasteiger partial charge is 0.493 e. The summed E-state index contributed by atoms with van der Waals surface area (Å²) in [7, 11) is 3.42. The zero-order chi connectivity index (χ0) is 13.9. The van der Waals surface area contributed by atoms with E-state index < -0.39 is 0 Å².